The molecule has 2 atom stereocenters. The minimum atomic E-state index is -0.438. The highest BCUT2D eigenvalue weighted by Gasteiger charge is 2.21. The number of amides is 1. The van der Waals surface area contributed by atoms with Gasteiger partial charge in [-0.1, -0.05) is 42.5 Å². The van der Waals surface area contributed by atoms with Crippen LogP contribution in [0.1, 0.15) is 30.1 Å². The number of halogens is 1. The minimum absolute atomic E-state index is 0.156. The van der Waals surface area contributed by atoms with E-state index in [1.54, 1.807) is 42.2 Å². The molecule has 5 heteroatoms. The third-order valence-electron chi connectivity index (χ3n) is 3.92. The van der Waals surface area contributed by atoms with Gasteiger partial charge in [-0.25, -0.2) is 4.39 Å². The molecule has 0 spiro atoms. The second kappa shape index (κ2) is 7.08. The molecule has 4 nitrogen and oxygen atoms in total. The summed E-state index contributed by atoms with van der Waals surface area (Å²) in [6, 6.07) is 16.8. The maximum atomic E-state index is 13.2. The molecule has 0 radical (unpaired) electrons. The quantitative estimate of drug-likeness (QED) is 0.781. The van der Waals surface area contributed by atoms with Crippen molar-refractivity contribution >= 4 is 5.91 Å². The molecule has 0 aliphatic rings. The van der Waals surface area contributed by atoms with Crippen LogP contribution in [0.3, 0.4) is 0 Å². The molecule has 0 fully saturated rings. The first-order valence-corrected chi connectivity index (χ1v) is 7.75. The number of rotatable bonds is 5. The zero-order valence-corrected chi connectivity index (χ0v) is 13.3. The van der Waals surface area contributed by atoms with Gasteiger partial charge in [-0.05, 0) is 36.2 Å². The number of carbonyl (C=O) groups is 1. The molecular weight excluding hydrogens is 305 g/mol. The van der Waals surface area contributed by atoms with Crippen molar-refractivity contribution in [2.45, 2.75) is 19.0 Å². The van der Waals surface area contributed by atoms with E-state index in [9.17, 15) is 9.18 Å². The van der Waals surface area contributed by atoms with E-state index < -0.39 is 6.04 Å². The Hall–Kier alpha value is -2.95. The monoisotopic (exact) mass is 323 g/mol. The van der Waals surface area contributed by atoms with Crippen LogP contribution >= 0.6 is 0 Å². The Morgan fingerprint density at radius 2 is 1.71 bits per heavy atom. The molecule has 0 aliphatic heterocycles. The minimum Gasteiger partial charge on any atom is -0.343 e. The normalized spacial score (nSPS) is 13.2. The zero-order chi connectivity index (χ0) is 16.9. The van der Waals surface area contributed by atoms with Gasteiger partial charge in [0, 0.05) is 12.4 Å². The number of hydrogen-bond donors (Lipinski definition) is 1. The number of hydrogen-bond acceptors (Lipinski definition) is 2. The topological polar surface area (TPSA) is 46.9 Å². The highest BCUT2D eigenvalue weighted by molar-refractivity contribution is 5.80. The SMILES string of the molecule is CC(C(=O)NC(c1ccccc1)c1ccc(F)cc1)n1cccn1. The summed E-state index contributed by atoms with van der Waals surface area (Å²) in [7, 11) is 0. The molecule has 3 rings (SSSR count). The van der Waals surface area contributed by atoms with Gasteiger partial charge in [-0.15, -0.1) is 0 Å². The van der Waals surface area contributed by atoms with Crippen molar-refractivity contribution in [1.29, 1.82) is 0 Å². The first kappa shape index (κ1) is 15.9. The van der Waals surface area contributed by atoms with E-state index in [4.69, 9.17) is 0 Å². The van der Waals surface area contributed by atoms with Crippen LogP contribution in [0.25, 0.3) is 0 Å². The molecule has 1 aromatic heterocycles. The molecule has 0 aliphatic carbocycles. The molecule has 1 heterocycles. The third-order valence-corrected chi connectivity index (χ3v) is 3.92. The smallest absolute Gasteiger partial charge is 0.245 e. The Bertz CT molecular complexity index is 785. The molecule has 2 unspecified atom stereocenters. The molecule has 1 N–H and O–H groups in total. The lowest BCUT2D eigenvalue weighted by atomic mass is 9.98. The van der Waals surface area contributed by atoms with Gasteiger partial charge in [0.25, 0.3) is 0 Å². The summed E-state index contributed by atoms with van der Waals surface area (Å²) < 4.78 is 14.8. The lowest BCUT2D eigenvalue weighted by Gasteiger charge is -2.22. The van der Waals surface area contributed by atoms with E-state index in [1.807, 2.05) is 30.3 Å². The van der Waals surface area contributed by atoms with Crippen LogP contribution in [-0.4, -0.2) is 15.7 Å². The van der Waals surface area contributed by atoms with Crippen LogP contribution in [0.2, 0.25) is 0 Å². The van der Waals surface area contributed by atoms with Gasteiger partial charge in [0.2, 0.25) is 5.91 Å². The van der Waals surface area contributed by atoms with E-state index in [0.29, 0.717) is 0 Å². The molecule has 122 valence electrons. The van der Waals surface area contributed by atoms with E-state index in [0.717, 1.165) is 11.1 Å². The predicted octanol–water partition coefficient (Wildman–Crippen LogP) is 3.49. The van der Waals surface area contributed by atoms with E-state index >= 15 is 0 Å². The molecular formula is C19H18FN3O. The maximum Gasteiger partial charge on any atom is 0.245 e. The van der Waals surface area contributed by atoms with Crippen molar-refractivity contribution in [3.63, 3.8) is 0 Å². The molecule has 0 saturated heterocycles. The highest BCUT2D eigenvalue weighted by Crippen LogP contribution is 2.23. The van der Waals surface area contributed by atoms with Crippen molar-refractivity contribution in [1.82, 2.24) is 15.1 Å². The van der Waals surface area contributed by atoms with Gasteiger partial charge in [0.15, 0.2) is 0 Å². The number of nitrogens with one attached hydrogen (secondary N) is 1. The maximum absolute atomic E-state index is 13.2. The van der Waals surface area contributed by atoms with E-state index in [-0.39, 0.29) is 17.8 Å². The van der Waals surface area contributed by atoms with Crippen molar-refractivity contribution in [2.75, 3.05) is 0 Å². The Kier molecular flexibility index (Phi) is 4.70. The average Bonchev–Trinajstić information content (AvgIpc) is 3.15. The fourth-order valence-electron chi connectivity index (χ4n) is 2.55. The molecule has 2 aromatic carbocycles. The molecule has 1 amide bonds. The van der Waals surface area contributed by atoms with E-state index in [1.165, 1.54) is 12.1 Å². The lowest BCUT2D eigenvalue weighted by Crippen LogP contribution is -2.34. The number of nitrogens with zero attached hydrogens (tertiary/aromatic N) is 2. The summed E-state index contributed by atoms with van der Waals surface area (Å²) in [5.41, 5.74) is 1.76. The van der Waals surface area contributed by atoms with Crippen LogP contribution in [0.4, 0.5) is 4.39 Å². The zero-order valence-electron chi connectivity index (χ0n) is 13.3. The van der Waals surface area contributed by atoms with Gasteiger partial charge in [-0.3, -0.25) is 9.48 Å². The van der Waals surface area contributed by atoms with Gasteiger partial charge in [0.1, 0.15) is 11.9 Å². The van der Waals surface area contributed by atoms with Crippen molar-refractivity contribution in [3.05, 3.63) is 90.0 Å². The summed E-state index contributed by atoms with van der Waals surface area (Å²) in [6.45, 7) is 1.79. The standard InChI is InChI=1S/C19H18FN3O/c1-14(23-13-5-12-21-23)19(24)22-18(15-6-3-2-4-7-15)16-8-10-17(20)11-9-16/h2-14,18H,1H3,(H,22,24). The Morgan fingerprint density at radius 3 is 2.33 bits per heavy atom. The van der Waals surface area contributed by atoms with Crippen LogP contribution in [-0.2, 0) is 4.79 Å². The number of benzene rings is 2. The summed E-state index contributed by atoms with van der Waals surface area (Å²) >= 11 is 0. The first-order valence-electron chi connectivity index (χ1n) is 7.75. The fraction of sp³-hybridized carbons (Fsp3) is 0.158. The van der Waals surface area contributed by atoms with Crippen LogP contribution in [0.5, 0.6) is 0 Å². The van der Waals surface area contributed by atoms with Crippen molar-refractivity contribution < 1.29 is 9.18 Å². The number of carbonyl (C=O) groups excluding carboxylic acids is 1. The highest BCUT2D eigenvalue weighted by atomic mass is 19.1. The second-order valence-corrected chi connectivity index (χ2v) is 5.57. The summed E-state index contributed by atoms with van der Waals surface area (Å²) in [5, 5.41) is 7.14. The lowest BCUT2D eigenvalue weighted by molar-refractivity contribution is -0.124. The Morgan fingerprint density at radius 1 is 1.04 bits per heavy atom. The number of aromatic nitrogens is 2. The van der Waals surface area contributed by atoms with Gasteiger partial charge >= 0.3 is 0 Å². The van der Waals surface area contributed by atoms with Gasteiger partial charge in [0.05, 0.1) is 6.04 Å². The Balaban J connectivity index is 1.88. The third kappa shape index (κ3) is 3.51. The largest absolute Gasteiger partial charge is 0.343 e. The molecule has 3 aromatic rings. The summed E-state index contributed by atoms with van der Waals surface area (Å²) in [4.78, 5) is 12.6. The molecule has 0 bridgehead atoms. The van der Waals surface area contributed by atoms with Crippen molar-refractivity contribution in [3.8, 4) is 0 Å². The summed E-state index contributed by atoms with van der Waals surface area (Å²) in [5.74, 6) is -0.460. The fourth-order valence-corrected chi connectivity index (χ4v) is 2.55. The van der Waals surface area contributed by atoms with Crippen molar-refractivity contribution in [2.24, 2.45) is 0 Å². The average molecular weight is 323 g/mol. The molecule has 24 heavy (non-hydrogen) atoms. The van der Waals surface area contributed by atoms with Crippen LogP contribution in [0.15, 0.2) is 73.1 Å². The Labute approximate surface area is 139 Å². The second-order valence-electron chi connectivity index (χ2n) is 5.57. The van der Waals surface area contributed by atoms with Gasteiger partial charge in [-0.2, -0.15) is 5.10 Å². The van der Waals surface area contributed by atoms with Crippen LogP contribution in [0, 0.1) is 5.82 Å². The van der Waals surface area contributed by atoms with E-state index in [2.05, 4.69) is 10.4 Å². The summed E-state index contributed by atoms with van der Waals surface area (Å²) in [6.07, 6.45) is 3.39. The predicted molar refractivity (Wildman–Crippen MR) is 89.8 cm³/mol. The van der Waals surface area contributed by atoms with Crippen LogP contribution < -0.4 is 5.32 Å². The molecule has 0 saturated carbocycles. The first-order chi connectivity index (χ1) is 11.6. The van der Waals surface area contributed by atoms with Gasteiger partial charge < -0.3 is 5.32 Å².